The lowest BCUT2D eigenvalue weighted by Gasteiger charge is -2.19. The molecular weight excluding hydrogens is 370 g/mol. The van der Waals surface area contributed by atoms with Gasteiger partial charge in [-0.2, -0.15) is 4.98 Å². The first kappa shape index (κ1) is 21.0. The molecule has 1 aliphatic rings. The Labute approximate surface area is 171 Å². The number of benzene rings is 1. The number of likely N-dealkylation sites (tertiary alicyclic amines) is 1. The molecule has 0 N–H and O–H groups in total. The standard InChI is InChI=1S/C22H29N3O4/c1-15(2)16-7-9-17(10-8-16)21-23-19(29-24-21)11-12-20(26)28-14-18-6-4-5-13-25(3)22(18)27/h7-10,15,18H,4-6,11-14H2,1-3H3. The summed E-state index contributed by atoms with van der Waals surface area (Å²) in [4.78, 5) is 30.4. The first-order chi connectivity index (χ1) is 13.9. The molecule has 3 rings (SSSR count). The topological polar surface area (TPSA) is 85.5 Å². The average Bonchev–Trinajstić information content (AvgIpc) is 3.13. The third-order valence-electron chi connectivity index (χ3n) is 5.31. The van der Waals surface area contributed by atoms with Crippen LogP contribution in [-0.4, -0.2) is 47.1 Å². The van der Waals surface area contributed by atoms with Gasteiger partial charge in [-0.3, -0.25) is 9.59 Å². The van der Waals surface area contributed by atoms with Crippen molar-refractivity contribution in [3.63, 3.8) is 0 Å². The Bertz CT molecular complexity index is 829. The van der Waals surface area contributed by atoms with Gasteiger partial charge in [-0.1, -0.05) is 49.7 Å². The van der Waals surface area contributed by atoms with E-state index in [1.165, 1.54) is 5.56 Å². The van der Waals surface area contributed by atoms with Crippen LogP contribution in [0.5, 0.6) is 0 Å². The van der Waals surface area contributed by atoms with Gasteiger partial charge in [0.2, 0.25) is 17.6 Å². The number of hydrogen-bond acceptors (Lipinski definition) is 6. The molecule has 0 bridgehead atoms. The van der Waals surface area contributed by atoms with E-state index in [4.69, 9.17) is 9.26 Å². The minimum atomic E-state index is -0.356. The van der Waals surface area contributed by atoms with E-state index >= 15 is 0 Å². The van der Waals surface area contributed by atoms with E-state index in [1.807, 2.05) is 12.1 Å². The Morgan fingerprint density at radius 1 is 1.28 bits per heavy atom. The van der Waals surface area contributed by atoms with Crippen molar-refractivity contribution >= 4 is 11.9 Å². The molecule has 0 aliphatic carbocycles. The van der Waals surface area contributed by atoms with E-state index in [2.05, 4.69) is 36.1 Å². The summed E-state index contributed by atoms with van der Waals surface area (Å²) >= 11 is 0. The fraction of sp³-hybridized carbons (Fsp3) is 0.545. The summed E-state index contributed by atoms with van der Waals surface area (Å²) < 4.78 is 10.6. The third-order valence-corrected chi connectivity index (χ3v) is 5.31. The number of rotatable bonds is 7. The molecule has 7 nitrogen and oxygen atoms in total. The summed E-state index contributed by atoms with van der Waals surface area (Å²) in [5, 5.41) is 4.00. The average molecular weight is 399 g/mol. The van der Waals surface area contributed by atoms with Gasteiger partial charge in [0, 0.05) is 25.6 Å². The van der Waals surface area contributed by atoms with Crippen LogP contribution in [0.1, 0.15) is 56.9 Å². The minimum Gasteiger partial charge on any atom is -0.465 e. The van der Waals surface area contributed by atoms with Gasteiger partial charge >= 0.3 is 5.97 Å². The fourth-order valence-corrected chi connectivity index (χ4v) is 3.41. The van der Waals surface area contributed by atoms with Crippen molar-refractivity contribution in [3.05, 3.63) is 35.7 Å². The van der Waals surface area contributed by atoms with Crippen molar-refractivity contribution in [2.75, 3.05) is 20.2 Å². The second kappa shape index (κ2) is 9.67. The first-order valence-electron chi connectivity index (χ1n) is 10.3. The largest absolute Gasteiger partial charge is 0.465 e. The highest BCUT2D eigenvalue weighted by atomic mass is 16.5. The van der Waals surface area contributed by atoms with Crippen LogP contribution in [0.4, 0.5) is 0 Å². The Kier molecular flexibility index (Phi) is 7.01. The second-order valence-corrected chi connectivity index (χ2v) is 7.92. The number of aromatic nitrogens is 2. The van der Waals surface area contributed by atoms with Crippen LogP contribution in [0, 0.1) is 5.92 Å². The number of carbonyl (C=O) groups excluding carboxylic acids is 2. The van der Waals surface area contributed by atoms with Crippen LogP contribution in [0.3, 0.4) is 0 Å². The summed E-state index contributed by atoms with van der Waals surface area (Å²) in [6.45, 7) is 5.19. The summed E-state index contributed by atoms with van der Waals surface area (Å²) in [5.74, 6) is 0.830. The summed E-state index contributed by atoms with van der Waals surface area (Å²) in [6, 6.07) is 8.05. The van der Waals surface area contributed by atoms with Gasteiger partial charge in [-0.25, -0.2) is 0 Å². The maximum atomic E-state index is 12.2. The normalized spacial score (nSPS) is 17.4. The number of hydrogen-bond donors (Lipinski definition) is 0. The number of nitrogens with zero attached hydrogens (tertiary/aromatic N) is 3. The molecule has 29 heavy (non-hydrogen) atoms. The van der Waals surface area contributed by atoms with Crippen molar-refractivity contribution in [1.82, 2.24) is 15.0 Å². The highest BCUT2D eigenvalue weighted by Gasteiger charge is 2.26. The van der Waals surface area contributed by atoms with Crippen LogP contribution in [0.25, 0.3) is 11.4 Å². The van der Waals surface area contributed by atoms with E-state index in [0.717, 1.165) is 31.4 Å². The Morgan fingerprint density at radius 2 is 2.03 bits per heavy atom. The van der Waals surface area contributed by atoms with Crippen molar-refractivity contribution in [2.45, 2.75) is 51.9 Å². The summed E-state index contributed by atoms with van der Waals surface area (Å²) in [7, 11) is 1.80. The lowest BCUT2D eigenvalue weighted by Crippen LogP contribution is -2.34. The van der Waals surface area contributed by atoms with E-state index in [9.17, 15) is 9.59 Å². The van der Waals surface area contributed by atoms with Gasteiger partial charge in [0.25, 0.3) is 0 Å². The van der Waals surface area contributed by atoms with Crippen LogP contribution >= 0.6 is 0 Å². The summed E-state index contributed by atoms with van der Waals surface area (Å²) in [6.07, 6.45) is 3.19. The molecule has 1 amide bonds. The molecule has 0 saturated carbocycles. The number of carbonyl (C=O) groups is 2. The van der Waals surface area contributed by atoms with Crippen molar-refractivity contribution < 1.29 is 18.8 Å². The van der Waals surface area contributed by atoms with Crippen LogP contribution in [0.2, 0.25) is 0 Å². The molecule has 0 radical (unpaired) electrons. The molecule has 1 saturated heterocycles. The number of ether oxygens (including phenoxy) is 1. The van der Waals surface area contributed by atoms with E-state index in [-0.39, 0.29) is 30.8 Å². The zero-order valence-electron chi connectivity index (χ0n) is 17.4. The zero-order chi connectivity index (χ0) is 20.8. The lowest BCUT2D eigenvalue weighted by atomic mass is 10.0. The molecule has 1 aromatic heterocycles. The van der Waals surface area contributed by atoms with E-state index < -0.39 is 0 Å². The first-order valence-corrected chi connectivity index (χ1v) is 10.3. The Balaban J connectivity index is 1.47. The van der Waals surface area contributed by atoms with Gasteiger partial charge in [0.15, 0.2) is 0 Å². The van der Waals surface area contributed by atoms with Crippen LogP contribution < -0.4 is 0 Å². The Morgan fingerprint density at radius 3 is 2.76 bits per heavy atom. The Hall–Kier alpha value is -2.70. The molecule has 2 heterocycles. The van der Waals surface area contributed by atoms with Crippen molar-refractivity contribution in [1.29, 1.82) is 0 Å². The third kappa shape index (κ3) is 5.65. The van der Waals surface area contributed by atoms with E-state index in [0.29, 0.717) is 24.1 Å². The van der Waals surface area contributed by atoms with Gasteiger partial charge in [0.1, 0.15) is 6.61 Å². The quantitative estimate of drug-likeness (QED) is 0.662. The molecule has 156 valence electrons. The number of aryl methyl sites for hydroxylation is 1. The fourth-order valence-electron chi connectivity index (χ4n) is 3.41. The number of amides is 1. The maximum absolute atomic E-state index is 12.2. The molecule has 2 aromatic rings. The van der Waals surface area contributed by atoms with Gasteiger partial charge in [0.05, 0.1) is 12.3 Å². The van der Waals surface area contributed by atoms with Gasteiger partial charge < -0.3 is 14.2 Å². The summed E-state index contributed by atoms with van der Waals surface area (Å²) in [5.41, 5.74) is 2.13. The van der Waals surface area contributed by atoms with Gasteiger partial charge in [-0.05, 0) is 24.3 Å². The van der Waals surface area contributed by atoms with Crippen LogP contribution in [0.15, 0.2) is 28.8 Å². The monoisotopic (exact) mass is 399 g/mol. The predicted octanol–water partition coefficient (Wildman–Crippen LogP) is 3.59. The number of esters is 1. The SMILES string of the molecule is CC(C)c1ccc(-c2noc(CCC(=O)OCC3CCCCN(C)C3=O)n2)cc1. The molecule has 1 atom stereocenters. The highest BCUT2D eigenvalue weighted by Crippen LogP contribution is 2.21. The lowest BCUT2D eigenvalue weighted by molar-refractivity contribution is -0.148. The van der Waals surface area contributed by atoms with Gasteiger partial charge in [-0.15, -0.1) is 0 Å². The molecular formula is C22H29N3O4. The molecule has 0 spiro atoms. The smallest absolute Gasteiger partial charge is 0.306 e. The second-order valence-electron chi connectivity index (χ2n) is 7.92. The maximum Gasteiger partial charge on any atom is 0.306 e. The highest BCUT2D eigenvalue weighted by molar-refractivity contribution is 5.79. The van der Waals surface area contributed by atoms with Crippen LogP contribution in [-0.2, 0) is 20.7 Å². The molecule has 1 unspecified atom stereocenters. The molecule has 1 aliphatic heterocycles. The molecule has 7 heteroatoms. The van der Waals surface area contributed by atoms with Crippen molar-refractivity contribution in [2.24, 2.45) is 5.92 Å². The van der Waals surface area contributed by atoms with E-state index in [1.54, 1.807) is 11.9 Å². The molecule has 1 fully saturated rings. The minimum absolute atomic E-state index is 0.0559. The zero-order valence-corrected chi connectivity index (χ0v) is 17.4. The van der Waals surface area contributed by atoms with Crippen molar-refractivity contribution in [3.8, 4) is 11.4 Å². The predicted molar refractivity (Wildman–Crippen MR) is 108 cm³/mol. The molecule has 1 aromatic carbocycles.